The van der Waals surface area contributed by atoms with E-state index in [4.69, 9.17) is 4.74 Å². The van der Waals surface area contributed by atoms with Crippen LogP contribution in [-0.2, 0) is 0 Å². The van der Waals surface area contributed by atoms with Gasteiger partial charge in [-0.1, -0.05) is 26.0 Å². The van der Waals surface area contributed by atoms with Crippen LogP contribution in [0.2, 0.25) is 0 Å². The zero-order valence-corrected chi connectivity index (χ0v) is 18.0. The minimum atomic E-state index is -0.103. The summed E-state index contributed by atoms with van der Waals surface area (Å²) in [6, 6.07) is 16.3. The van der Waals surface area contributed by atoms with Gasteiger partial charge in [-0.3, -0.25) is 9.69 Å². The number of nitrogens with one attached hydrogen (secondary N) is 1. The zero-order chi connectivity index (χ0) is 20.7. The molecule has 152 valence electrons. The summed E-state index contributed by atoms with van der Waals surface area (Å²) in [5, 5.41) is 2.94. The predicted octanol–water partition coefficient (Wildman–Crippen LogP) is 5.56. The highest BCUT2D eigenvalue weighted by Gasteiger charge is 2.13. The summed E-state index contributed by atoms with van der Waals surface area (Å²) >= 11 is 0. The van der Waals surface area contributed by atoms with Crippen molar-refractivity contribution in [1.29, 1.82) is 0 Å². The van der Waals surface area contributed by atoms with Gasteiger partial charge in [0.2, 0.25) is 0 Å². The Kier molecular flexibility index (Phi) is 8.06. The lowest BCUT2D eigenvalue weighted by Gasteiger charge is -2.30. The Hall–Kier alpha value is -2.33. The van der Waals surface area contributed by atoms with Gasteiger partial charge in [-0.05, 0) is 75.6 Å². The van der Waals surface area contributed by atoms with Crippen molar-refractivity contribution < 1.29 is 9.53 Å². The highest BCUT2D eigenvalue weighted by atomic mass is 16.5. The average molecular weight is 383 g/mol. The highest BCUT2D eigenvalue weighted by Crippen LogP contribution is 2.18. The third kappa shape index (κ3) is 6.38. The molecule has 0 aliphatic carbocycles. The summed E-state index contributed by atoms with van der Waals surface area (Å²) in [5.41, 5.74) is 2.65. The average Bonchev–Trinajstić information content (AvgIpc) is 2.66. The van der Waals surface area contributed by atoms with E-state index in [1.807, 2.05) is 48.5 Å². The Bertz CT molecular complexity index is 726. The fraction of sp³-hybridized carbons (Fsp3) is 0.458. The van der Waals surface area contributed by atoms with Crippen molar-refractivity contribution in [2.24, 2.45) is 0 Å². The molecule has 0 heterocycles. The topological polar surface area (TPSA) is 41.6 Å². The second kappa shape index (κ2) is 10.3. The van der Waals surface area contributed by atoms with Gasteiger partial charge in [0.15, 0.2) is 0 Å². The van der Waals surface area contributed by atoms with Crippen molar-refractivity contribution >= 4 is 11.6 Å². The van der Waals surface area contributed by atoms with E-state index < -0.39 is 0 Å². The number of ether oxygens (including phenoxy) is 1. The van der Waals surface area contributed by atoms with Gasteiger partial charge in [-0.2, -0.15) is 0 Å². The van der Waals surface area contributed by atoms with E-state index in [2.05, 4.69) is 51.8 Å². The minimum absolute atomic E-state index is 0.103. The van der Waals surface area contributed by atoms with Crippen molar-refractivity contribution in [2.75, 3.05) is 18.5 Å². The van der Waals surface area contributed by atoms with Crippen LogP contribution in [0.3, 0.4) is 0 Å². The van der Waals surface area contributed by atoms with Gasteiger partial charge in [-0.15, -0.1) is 0 Å². The summed E-state index contributed by atoms with van der Waals surface area (Å²) < 4.78 is 5.86. The monoisotopic (exact) mass is 382 g/mol. The number of nitrogens with zero attached hydrogens (tertiary/aromatic N) is 1. The third-order valence-electron chi connectivity index (χ3n) is 4.90. The normalized spacial score (nSPS) is 11.5. The maximum absolute atomic E-state index is 12.4. The van der Waals surface area contributed by atoms with Crippen LogP contribution in [0.4, 0.5) is 5.69 Å². The molecule has 0 radical (unpaired) electrons. The van der Waals surface area contributed by atoms with E-state index in [9.17, 15) is 4.79 Å². The molecular formula is C24H34N2O2. The van der Waals surface area contributed by atoms with E-state index in [-0.39, 0.29) is 5.91 Å². The maximum atomic E-state index is 12.4. The molecule has 0 fully saturated rings. The quantitative estimate of drug-likeness (QED) is 0.617. The van der Waals surface area contributed by atoms with Crippen LogP contribution in [0, 0.1) is 0 Å². The minimum Gasteiger partial charge on any atom is -0.492 e. The van der Waals surface area contributed by atoms with E-state index >= 15 is 0 Å². The smallest absolute Gasteiger partial charge is 0.255 e. The first kappa shape index (κ1) is 22.0. The zero-order valence-electron chi connectivity index (χ0n) is 18.0. The highest BCUT2D eigenvalue weighted by molar-refractivity contribution is 6.04. The molecule has 4 nitrogen and oxygen atoms in total. The first-order chi connectivity index (χ1) is 13.3. The number of amides is 1. The summed E-state index contributed by atoms with van der Waals surface area (Å²) in [4.78, 5) is 14.8. The lowest BCUT2D eigenvalue weighted by molar-refractivity contribution is 0.102. The first-order valence-corrected chi connectivity index (χ1v) is 10.2. The van der Waals surface area contributed by atoms with E-state index in [0.29, 0.717) is 30.2 Å². The van der Waals surface area contributed by atoms with Crippen LogP contribution in [0.1, 0.15) is 63.4 Å². The Morgan fingerprint density at radius 1 is 0.893 bits per heavy atom. The lowest BCUT2D eigenvalue weighted by atomic mass is 10.0. The summed E-state index contributed by atoms with van der Waals surface area (Å²) in [5.74, 6) is 1.16. The van der Waals surface area contributed by atoms with Crippen molar-refractivity contribution in [3.63, 3.8) is 0 Å². The van der Waals surface area contributed by atoms with Gasteiger partial charge in [0.25, 0.3) is 5.91 Å². The molecule has 0 atom stereocenters. The molecule has 0 bridgehead atoms. The molecule has 2 aromatic rings. The largest absolute Gasteiger partial charge is 0.492 e. The Morgan fingerprint density at radius 2 is 1.46 bits per heavy atom. The first-order valence-electron chi connectivity index (χ1n) is 10.2. The Balaban J connectivity index is 1.87. The van der Waals surface area contributed by atoms with E-state index in [0.717, 1.165) is 18.0 Å². The molecule has 1 N–H and O–H groups in total. The standard InChI is InChI=1S/C24H34N2O2/c1-17(2)20-7-9-21(10-8-20)24(27)25-22-11-13-23(14-12-22)28-16-15-26(18(3)4)19(5)6/h7-14,17-19H,15-16H2,1-6H3,(H,25,27). The van der Waals surface area contributed by atoms with E-state index in [1.54, 1.807) is 0 Å². The fourth-order valence-corrected chi connectivity index (χ4v) is 3.24. The van der Waals surface area contributed by atoms with Gasteiger partial charge in [0.1, 0.15) is 12.4 Å². The number of anilines is 1. The molecule has 0 spiro atoms. The van der Waals surface area contributed by atoms with E-state index in [1.165, 1.54) is 5.56 Å². The number of hydrogen-bond donors (Lipinski definition) is 1. The van der Waals surface area contributed by atoms with Crippen LogP contribution >= 0.6 is 0 Å². The molecule has 0 unspecified atom stereocenters. The summed E-state index contributed by atoms with van der Waals surface area (Å²) in [6.07, 6.45) is 0. The fourth-order valence-electron chi connectivity index (χ4n) is 3.24. The Labute approximate surface area is 169 Å². The molecule has 4 heteroatoms. The van der Waals surface area contributed by atoms with Gasteiger partial charge in [0.05, 0.1) is 0 Å². The molecule has 1 amide bonds. The molecule has 0 aliphatic heterocycles. The van der Waals surface area contributed by atoms with Gasteiger partial charge in [0, 0.05) is 29.9 Å². The predicted molar refractivity (Wildman–Crippen MR) is 117 cm³/mol. The van der Waals surface area contributed by atoms with Crippen LogP contribution < -0.4 is 10.1 Å². The molecule has 28 heavy (non-hydrogen) atoms. The molecular weight excluding hydrogens is 348 g/mol. The third-order valence-corrected chi connectivity index (χ3v) is 4.90. The molecule has 0 aromatic heterocycles. The van der Waals surface area contributed by atoms with Crippen molar-refractivity contribution in [1.82, 2.24) is 4.90 Å². The van der Waals surface area contributed by atoms with Crippen molar-refractivity contribution in [3.8, 4) is 5.75 Å². The van der Waals surface area contributed by atoms with Crippen molar-refractivity contribution in [3.05, 3.63) is 59.7 Å². The molecule has 0 aliphatic rings. The summed E-state index contributed by atoms with van der Waals surface area (Å²) in [7, 11) is 0. The SMILES string of the molecule is CC(C)c1ccc(C(=O)Nc2ccc(OCCN(C(C)C)C(C)C)cc2)cc1. The van der Waals surface area contributed by atoms with Gasteiger partial charge in [-0.25, -0.2) is 0 Å². The van der Waals surface area contributed by atoms with Gasteiger partial charge < -0.3 is 10.1 Å². The lowest BCUT2D eigenvalue weighted by Crippen LogP contribution is -2.39. The number of carbonyl (C=O) groups is 1. The number of carbonyl (C=O) groups excluding carboxylic acids is 1. The second-order valence-electron chi connectivity index (χ2n) is 8.03. The van der Waals surface area contributed by atoms with Crippen molar-refractivity contribution in [2.45, 2.75) is 59.5 Å². The number of hydrogen-bond acceptors (Lipinski definition) is 3. The van der Waals surface area contributed by atoms with Gasteiger partial charge >= 0.3 is 0 Å². The molecule has 2 rings (SSSR count). The number of benzene rings is 2. The molecule has 0 saturated carbocycles. The number of rotatable bonds is 9. The van der Waals surface area contributed by atoms with Crippen LogP contribution in [-0.4, -0.2) is 36.0 Å². The van der Waals surface area contributed by atoms with Crippen LogP contribution in [0.25, 0.3) is 0 Å². The van der Waals surface area contributed by atoms with Crippen LogP contribution in [0.5, 0.6) is 5.75 Å². The van der Waals surface area contributed by atoms with Crippen LogP contribution in [0.15, 0.2) is 48.5 Å². The second-order valence-corrected chi connectivity index (χ2v) is 8.03. The maximum Gasteiger partial charge on any atom is 0.255 e. The Morgan fingerprint density at radius 3 is 1.96 bits per heavy atom. The summed E-state index contributed by atoms with van der Waals surface area (Å²) in [6.45, 7) is 14.6. The molecule has 0 saturated heterocycles. The molecule has 2 aromatic carbocycles.